The van der Waals surface area contributed by atoms with Crippen LogP contribution < -0.4 is 5.32 Å². The fourth-order valence-corrected chi connectivity index (χ4v) is 2.54. The number of rotatable bonds is 5. The van der Waals surface area contributed by atoms with Gasteiger partial charge >= 0.3 is 0 Å². The average molecular weight is 291 g/mol. The Morgan fingerprint density at radius 2 is 2.10 bits per heavy atom. The highest BCUT2D eigenvalue weighted by atomic mass is 19.3. The molecule has 2 aliphatic heterocycles. The van der Waals surface area contributed by atoms with Gasteiger partial charge in [-0.1, -0.05) is 0 Å². The van der Waals surface area contributed by atoms with E-state index in [4.69, 9.17) is 5.11 Å². The number of aliphatic hydroxyl groups excluding tert-OH is 1. The molecule has 0 aromatic carbocycles. The summed E-state index contributed by atoms with van der Waals surface area (Å²) in [5.41, 5.74) is 0. The summed E-state index contributed by atoms with van der Waals surface area (Å²) in [6.07, 6.45) is 0.0662. The van der Waals surface area contributed by atoms with Crippen molar-refractivity contribution in [1.29, 1.82) is 0 Å². The molecule has 1 unspecified atom stereocenters. The van der Waals surface area contributed by atoms with Crippen molar-refractivity contribution in [2.75, 3.05) is 39.8 Å². The van der Waals surface area contributed by atoms with Gasteiger partial charge < -0.3 is 20.2 Å². The zero-order valence-corrected chi connectivity index (χ0v) is 11.3. The summed E-state index contributed by atoms with van der Waals surface area (Å²) in [7, 11) is 1.94. The smallest absolute Gasteiger partial charge is 0.287 e. The van der Waals surface area contributed by atoms with Crippen molar-refractivity contribution >= 4 is 11.8 Å². The van der Waals surface area contributed by atoms with Crippen molar-refractivity contribution in [3.8, 4) is 0 Å². The molecule has 0 aromatic heterocycles. The van der Waals surface area contributed by atoms with E-state index in [1.165, 1.54) is 0 Å². The molecule has 2 N–H and O–H groups in total. The Morgan fingerprint density at radius 1 is 1.45 bits per heavy atom. The lowest BCUT2D eigenvalue weighted by Gasteiger charge is -2.42. The Hall–Kier alpha value is -1.28. The molecule has 8 heteroatoms. The van der Waals surface area contributed by atoms with E-state index in [0.29, 0.717) is 0 Å². The predicted octanol–water partition coefficient (Wildman–Crippen LogP) is -1.11. The number of amides is 2. The zero-order valence-electron chi connectivity index (χ0n) is 11.3. The van der Waals surface area contributed by atoms with E-state index in [9.17, 15) is 18.4 Å². The standard InChI is InChI=1S/C12H19F2N3O3/c1-16-4-9(5-16)17-3-8(2-10(17)19)11(20)15-6-12(13,14)7-18/h8-9,18H,2-7H2,1H3,(H,15,20). The van der Waals surface area contributed by atoms with Crippen LogP contribution in [0.5, 0.6) is 0 Å². The molecule has 0 bridgehead atoms. The number of hydrogen-bond donors (Lipinski definition) is 2. The molecule has 1 atom stereocenters. The Morgan fingerprint density at radius 3 is 2.65 bits per heavy atom. The molecule has 114 valence electrons. The minimum absolute atomic E-state index is 0.0662. The topological polar surface area (TPSA) is 72.9 Å². The second-order valence-electron chi connectivity index (χ2n) is 5.55. The van der Waals surface area contributed by atoms with Gasteiger partial charge in [0.1, 0.15) is 6.61 Å². The van der Waals surface area contributed by atoms with Gasteiger partial charge in [0.15, 0.2) is 0 Å². The van der Waals surface area contributed by atoms with Crippen molar-refractivity contribution in [2.24, 2.45) is 5.92 Å². The third-order valence-electron chi connectivity index (χ3n) is 3.77. The number of aliphatic hydroxyl groups is 1. The summed E-state index contributed by atoms with van der Waals surface area (Å²) in [4.78, 5) is 27.3. The quantitative estimate of drug-likeness (QED) is 0.674. The first-order valence-corrected chi connectivity index (χ1v) is 6.57. The summed E-state index contributed by atoms with van der Waals surface area (Å²) in [6, 6.07) is 0.129. The van der Waals surface area contributed by atoms with E-state index >= 15 is 0 Å². The molecular weight excluding hydrogens is 272 g/mol. The fraction of sp³-hybridized carbons (Fsp3) is 0.833. The molecule has 2 aliphatic rings. The number of nitrogens with zero attached hydrogens (tertiary/aromatic N) is 2. The van der Waals surface area contributed by atoms with Crippen molar-refractivity contribution in [3.05, 3.63) is 0 Å². The molecule has 0 aliphatic carbocycles. The first kappa shape index (κ1) is 15.1. The maximum absolute atomic E-state index is 12.8. The Balaban J connectivity index is 1.82. The van der Waals surface area contributed by atoms with Gasteiger partial charge in [-0.2, -0.15) is 0 Å². The summed E-state index contributed by atoms with van der Waals surface area (Å²) in [5, 5.41) is 10.5. The number of carbonyl (C=O) groups is 2. The van der Waals surface area contributed by atoms with Gasteiger partial charge in [0.25, 0.3) is 5.92 Å². The molecule has 2 fully saturated rings. The lowest BCUT2D eigenvalue weighted by Crippen LogP contribution is -2.58. The highest BCUT2D eigenvalue weighted by Crippen LogP contribution is 2.24. The van der Waals surface area contributed by atoms with Crippen LogP contribution in [0.3, 0.4) is 0 Å². The minimum atomic E-state index is -3.32. The van der Waals surface area contributed by atoms with Crippen LogP contribution >= 0.6 is 0 Å². The Kier molecular flexibility index (Phi) is 4.24. The lowest BCUT2D eigenvalue weighted by molar-refractivity contribution is -0.132. The van der Waals surface area contributed by atoms with Crippen molar-refractivity contribution in [3.63, 3.8) is 0 Å². The predicted molar refractivity (Wildman–Crippen MR) is 66.1 cm³/mol. The monoisotopic (exact) mass is 291 g/mol. The molecule has 0 saturated carbocycles. The number of carbonyl (C=O) groups excluding carboxylic acids is 2. The maximum atomic E-state index is 12.8. The van der Waals surface area contributed by atoms with Gasteiger partial charge in [0, 0.05) is 26.1 Å². The van der Waals surface area contributed by atoms with Crippen LogP contribution in [0.1, 0.15) is 6.42 Å². The van der Waals surface area contributed by atoms with Crippen molar-refractivity contribution in [2.45, 2.75) is 18.4 Å². The third-order valence-corrected chi connectivity index (χ3v) is 3.77. The molecule has 2 heterocycles. The molecule has 0 radical (unpaired) electrons. The lowest BCUT2D eigenvalue weighted by atomic mass is 10.1. The van der Waals surface area contributed by atoms with Crippen LogP contribution in [0, 0.1) is 5.92 Å². The SMILES string of the molecule is CN1CC(N2CC(C(=O)NCC(F)(F)CO)CC2=O)C1. The fourth-order valence-electron chi connectivity index (χ4n) is 2.54. The van der Waals surface area contributed by atoms with Crippen molar-refractivity contribution < 1.29 is 23.5 Å². The van der Waals surface area contributed by atoms with E-state index in [-0.39, 0.29) is 24.9 Å². The molecule has 0 spiro atoms. The van der Waals surface area contributed by atoms with Crippen LogP contribution in [0.4, 0.5) is 8.78 Å². The van der Waals surface area contributed by atoms with Gasteiger partial charge in [-0.3, -0.25) is 9.59 Å². The molecule has 2 saturated heterocycles. The number of likely N-dealkylation sites (tertiary alicyclic amines) is 2. The third kappa shape index (κ3) is 3.24. The molecule has 2 rings (SSSR count). The second kappa shape index (κ2) is 5.61. The highest BCUT2D eigenvalue weighted by Gasteiger charge is 2.41. The van der Waals surface area contributed by atoms with Gasteiger partial charge in [0.05, 0.1) is 18.5 Å². The summed E-state index contributed by atoms with van der Waals surface area (Å²) < 4.78 is 25.7. The van der Waals surface area contributed by atoms with E-state index in [1.54, 1.807) is 4.90 Å². The Bertz CT molecular complexity index is 399. The number of nitrogens with one attached hydrogen (secondary N) is 1. The first-order chi connectivity index (χ1) is 9.32. The molecule has 0 aromatic rings. The van der Waals surface area contributed by atoms with Gasteiger partial charge in [-0.15, -0.1) is 0 Å². The number of halogens is 2. The number of alkyl halides is 2. The number of hydrogen-bond acceptors (Lipinski definition) is 4. The molecule has 2 amide bonds. The number of likely N-dealkylation sites (N-methyl/N-ethyl adjacent to an activating group) is 1. The van der Waals surface area contributed by atoms with Gasteiger partial charge in [-0.05, 0) is 7.05 Å². The van der Waals surface area contributed by atoms with Crippen LogP contribution in [-0.2, 0) is 9.59 Å². The van der Waals surface area contributed by atoms with Gasteiger partial charge in [0.2, 0.25) is 11.8 Å². The summed E-state index contributed by atoms with van der Waals surface area (Å²) in [5.74, 6) is -4.56. The van der Waals surface area contributed by atoms with E-state index in [0.717, 1.165) is 13.1 Å². The van der Waals surface area contributed by atoms with Gasteiger partial charge in [-0.25, -0.2) is 8.78 Å². The van der Waals surface area contributed by atoms with Crippen LogP contribution in [0.2, 0.25) is 0 Å². The zero-order chi connectivity index (χ0) is 14.9. The van der Waals surface area contributed by atoms with E-state index in [1.807, 2.05) is 7.05 Å². The van der Waals surface area contributed by atoms with Crippen LogP contribution in [0.15, 0.2) is 0 Å². The van der Waals surface area contributed by atoms with E-state index in [2.05, 4.69) is 10.2 Å². The van der Waals surface area contributed by atoms with Crippen LogP contribution in [-0.4, -0.2) is 78.5 Å². The summed E-state index contributed by atoms with van der Waals surface area (Å²) in [6.45, 7) is -0.365. The Labute approximate surface area is 115 Å². The first-order valence-electron chi connectivity index (χ1n) is 6.57. The van der Waals surface area contributed by atoms with Crippen molar-refractivity contribution in [1.82, 2.24) is 15.1 Å². The maximum Gasteiger partial charge on any atom is 0.287 e. The molecular formula is C12H19F2N3O3. The normalized spacial score (nSPS) is 24.9. The average Bonchev–Trinajstić information content (AvgIpc) is 2.74. The largest absolute Gasteiger partial charge is 0.390 e. The van der Waals surface area contributed by atoms with E-state index < -0.39 is 30.9 Å². The highest BCUT2D eigenvalue weighted by molar-refractivity contribution is 5.89. The second-order valence-corrected chi connectivity index (χ2v) is 5.55. The molecule has 20 heavy (non-hydrogen) atoms. The molecule has 6 nitrogen and oxygen atoms in total. The van der Waals surface area contributed by atoms with Crippen LogP contribution in [0.25, 0.3) is 0 Å². The summed E-state index contributed by atoms with van der Waals surface area (Å²) >= 11 is 0. The minimum Gasteiger partial charge on any atom is -0.390 e.